The van der Waals surface area contributed by atoms with Crippen molar-refractivity contribution in [3.8, 4) is 0 Å². The zero-order valence-corrected chi connectivity index (χ0v) is 15.9. The Labute approximate surface area is 148 Å². The Morgan fingerprint density at radius 3 is 2.38 bits per heavy atom. The van der Waals surface area contributed by atoms with E-state index in [4.69, 9.17) is 0 Å². The lowest BCUT2D eigenvalue weighted by Crippen LogP contribution is -2.31. The van der Waals surface area contributed by atoms with E-state index >= 15 is 0 Å². The molecule has 0 fully saturated rings. The van der Waals surface area contributed by atoms with Gasteiger partial charge in [0.25, 0.3) is 0 Å². The van der Waals surface area contributed by atoms with Gasteiger partial charge in [-0.3, -0.25) is 0 Å². The molecule has 0 aromatic heterocycles. The summed E-state index contributed by atoms with van der Waals surface area (Å²) < 4.78 is 29.1. The van der Waals surface area contributed by atoms with Crippen LogP contribution in [0.25, 0.3) is 0 Å². The molecule has 2 atom stereocenters. The van der Waals surface area contributed by atoms with E-state index in [2.05, 4.69) is 6.58 Å². The molecular weight excluding hydrogens is 321 g/mol. The van der Waals surface area contributed by atoms with Gasteiger partial charge < -0.3 is 0 Å². The Hall–Kier alpha value is -1.52. The fraction of sp³-hybridized carbons (Fsp3) is 0.400. The Kier molecular flexibility index (Phi) is 8.87. The summed E-state index contributed by atoms with van der Waals surface area (Å²) in [6, 6.07) is 9.84. The molecule has 0 bridgehead atoms. The lowest BCUT2D eigenvalue weighted by molar-refractivity contribution is 0.487. The predicted molar refractivity (Wildman–Crippen MR) is 103 cm³/mol. The summed E-state index contributed by atoms with van der Waals surface area (Å²) in [5, 5.41) is -0.0938. The molecule has 1 aromatic rings. The van der Waals surface area contributed by atoms with Gasteiger partial charge in [0.1, 0.15) is 16.8 Å². The van der Waals surface area contributed by atoms with E-state index in [-0.39, 0.29) is 17.6 Å². The second-order valence-corrected chi connectivity index (χ2v) is 7.48. The summed E-state index contributed by atoms with van der Waals surface area (Å²) in [7, 11) is -1.23. The van der Waals surface area contributed by atoms with Crippen LogP contribution in [0.5, 0.6) is 0 Å². The third-order valence-electron chi connectivity index (χ3n) is 3.71. The van der Waals surface area contributed by atoms with Crippen LogP contribution in [-0.2, 0) is 11.0 Å². The Morgan fingerprint density at radius 1 is 1.29 bits per heavy atom. The second-order valence-electron chi connectivity index (χ2n) is 5.84. The van der Waals surface area contributed by atoms with E-state index in [0.717, 1.165) is 17.6 Å². The molecule has 0 amide bonds. The molecule has 0 spiro atoms. The number of nitrogens with zero attached hydrogens (tertiary/aromatic N) is 1. The molecule has 0 aliphatic rings. The number of benzene rings is 1. The lowest BCUT2D eigenvalue weighted by atomic mass is 10.1. The van der Waals surface area contributed by atoms with Crippen molar-refractivity contribution in [2.45, 2.75) is 39.4 Å². The van der Waals surface area contributed by atoms with Crippen LogP contribution in [0.2, 0.25) is 0 Å². The molecule has 0 aliphatic carbocycles. The summed E-state index contributed by atoms with van der Waals surface area (Å²) in [5.41, 5.74) is 2.40. The van der Waals surface area contributed by atoms with Gasteiger partial charge >= 0.3 is 0 Å². The minimum atomic E-state index is -1.23. The van der Waals surface area contributed by atoms with Gasteiger partial charge in [0.2, 0.25) is 0 Å². The van der Waals surface area contributed by atoms with Crippen LogP contribution < -0.4 is 0 Å². The standard InChI is InChI=1S/C20H28FNOS/c1-6-17(19(21)14-16(4)5)15-22(8-3)24(23)20(7-2)18-12-10-9-11-13-18/h6,9-14,20H,1,7-8,15H2,2-5H3/b19-17-/t20-,24?/m1/s1. The van der Waals surface area contributed by atoms with Crippen LogP contribution in [-0.4, -0.2) is 21.6 Å². The summed E-state index contributed by atoms with van der Waals surface area (Å²) in [4.78, 5) is 0. The van der Waals surface area contributed by atoms with Crippen molar-refractivity contribution in [1.82, 2.24) is 4.31 Å². The highest BCUT2D eigenvalue weighted by Crippen LogP contribution is 2.26. The van der Waals surface area contributed by atoms with E-state index in [9.17, 15) is 8.60 Å². The van der Waals surface area contributed by atoms with Crippen LogP contribution in [0.15, 0.2) is 66.0 Å². The van der Waals surface area contributed by atoms with E-state index in [0.29, 0.717) is 12.1 Å². The van der Waals surface area contributed by atoms with Gasteiger partial charge in [-0.2, -0.15) is 0 Å². The van der Waals surface area contributed by atoms with Crippen LogP contribution in [0, 0.1) is 0 Å². The third kappa shape index (κ3) is 5.84. The molecule has 1 aromatic carbocycles. The first kappa shape index (κ1) is 20.5. The molecule has 0 heterocycles. The summed E-state index contributed by atoms with van der Waals surface area (Å²) >= 11 is 0. The first-order valence-electron chi connectivity index (χ1n) is 8.31. The maximum Gasteiger partial charge on any atom is 0.127 e. The van der Waals surface area contributed by atoms with Gasteiger partial charge in [-0.25, -0.2) is 12.9 Å². The Balaban J connectivity index is 3.05. The predicted octanol–water partition coefficient (Wildman–Crippen LogP) is 5.50. The van der Waals surface area contributed by atoms with Gasteiger partial charge in [-0.15, -0.1) is 0 Å². The average Bonchev–Trinajstić information content (AvgIpc) is 2.56. The molecule has 24 heavy (non-hydrogen) atoms. The molecule has 0 saturated heterocycles. The molecule has 132 valence electrons. The van der Waals surface area contributed by atoms with Crippen molar-refractivity contribution in [1.29, 1.82) is 0 Å². The molecule has 1 rings (SSSR count). The number of likely N-dealkylation sites (N-methyl/N-ethyl adjacent to an activating group) is 1. The van der Waals surface area contributed by atoms with Crippen LogP contribution >= 0.6 is 0 Å². The van der Waals surface area contributed by atoms with E-state index in [1.54, 1.807) is 4.31 Å². The topological polar surface area (TPSA) is 20.3 Å². The fourth-order valence-corrected chi connectivity index (χ4v) is 3.97. The third-order valence-corrected chi connectivity index (χ3v) is 5.70. The van der Waals surface area contributed by atoms with Crippen molar-refractivity contribution in [2.75, 3.05) is 13.1 Å². The maximum atomic E-state index is 14.3. The normalized spacial score (nSPS) is 14.8. The van der Waals surface area contributed by atoms with Gasteiger partial charge in [0, 0.05) is 18.7 Å². The van der Waals surface area contributed by atoms with Crippen molar-refractivity contribution in [2.24, 2.45) is 0 Å². The molecule has 0 N–H and O–H groups in total. The van der Waals surface area contributed by atoms with Crippen LogP contribution in [0.4, 0.5) is 4.39 Å². The molecule has 1 unspecified atom stereocenters. The molecule has 2 nitrogen and oxygen atoms in total. The highest BCUT2D eigenvalue weighted by molar-refractivity contribution is 7.82. The van der Waals surface area contributed by atoms with Gasteiger partial charge in [0.15, 0.2) is 0 Å². The monoisotopic (exact) mass is 349 g/mol. The lowest BCUT2D eigenvalue weighted by Gasteiger charge is -2.25. The van der Waals surface area contributed by atoms with E-state index in [1.165, 1.54) is 12.2 Å². The van der Waals surface area contributed by atoms with Gasteiger partial charge in [0.05, 0.1) is 5.25 Å². The largest absolute Gasteiger partial charge is 0.242 e. The highest BCUT2D eigenvalue weighted by Gasteiger charge is 2.23. The smallest absolute Gasteiger partial charge is 0.127 e. The van der Waals surface area contributed by atoms with Crippen LogP contribution in [0.1, 0.15) is 44.9 Å². The summed E-state index contributed by atoms with van der Waals surface area (Å²) in [5.74, 6) is -0.312. The molecular formula is C20H28FNOS. The van der Waals surface area contributed by atoms with Crippen molar-refractivity contribution >= 4 is 11.0 Å². The van der Waals surface area contributed by atoms with Gasteiger partial charge in [-0.1, -0.05) is 62.4 Å². The molecule has 0 saturated carbocycles. The molecule has 0 aliphatic heterocycles. The zero-order valence-electron chi connectivity index (χ0n) is 15.1. The SMILES string of the molecule is C=C/C(CN(CC)S(=O)[C@H](CC)c1ccccc1)=C(/F)C=C(C)C. The average molecular weight is 350 g/mol. The van der Waals surface area contributed by atoms with Crippen molar-refractivity contribution in [3.05, 3.63) is 71.6 Å². The maximum absolute atomic E-state index is 14.3. The number of hydrogen-bond donors (Lipinski definition) is 0. The minimum Gasteiger partial charge on any atom is -0.242 e. The minimum absolute atomic E-state index is 0.0938. The zero-order chi connectivity index (χ0) is 18.1. The molecule has 0 radical (unpaired) electrons. The number of rotatable bonds is 9. The van der Waals surface area contributed by atoms with E-state index in [1.807, 2.05) is 58.0 Å². The van der Waals surface area contributed by atoms with E-state index < -0.39 is 11.0 Å². The quantitative estimate of drug-likeness (QED) is 0.539. The van der Waals surface area contributed by atoms with Crippen molar-refractivity contribution < 1.29 is 8.60 Å². The molecule has 4 heteroatoms. The summed E-state index contributed by atoms with van der Waals surface area (Å²) in [6.45, 7) is 12.2. The highest BCUT2D eigenvalue weighted by atomic mass is 32.2. The first-order valence-corrected chi connectivity index (χ1v) is 9.48. The summed E-state index contributed by atoms with van der Waals surface area (Å²) in [6.07, 6.45) is 3.76. The fourth-order valence-electron chi connectivity index (χ4n) is 2.42. The number of allylic oxidation sites excluding steroid dienone is 3. The van der Waals surface area contributed by atoms with Gasteiger partial charge in [-0.05, 0) is 31.9 Å². The Morgan fingerprint density at radius 2 is 1.92 bits per heavy atom. The van der Waals surface area contributed by atoms with Crippen LogP contribution in [0.3, 0.4) is 0 Å². The second kappa shape index (κ2) is 10.4. The van der Waals surface area contributed by atoms with Crippen molar-refractivity contribution in [3.63, 3.8) is 0 Å². The first-order chi connectivity index (χ1) is 11.4. The Bertz CT molecular complexity index is 618. The number of hydrogen-bond acceptors (Lipinski definition) is 1. The number of halogens is 1.